The lowest BCUT2D eigenvalue weighted by molar-refractivity contribution is 0.442. The van der Waals surface area contributed by atoms with E-state index in [1.807, 2.05) is 42.1 Å². The average Bonchev–Trinajstić information content (AvgIpc) is 3.04. The maximum absolute atomic E-state index is 4.83. The standard InChI is InChI=1S/C20H23N5/c1-15-7-6-12-24(13-15)20-21-11-10-19(22-20)18-14-25(23-16(18)2)17-8-4-3-5-9-17/h3-5,8-11,14-15H,6-7,12-13H2,1-2H3. The molecule has 1 unspecified atom stereocenters. The van der Waals surface area contributed by atoms with Crippen molar-refractivity contribution in [1.82, 2.24) is 19.7 Å². The van der Waals surface area contributed by atoms with Crippen molar-refractivity contribution in [2.75, 3.05) is 18.0 Å². The number of nitrogens with zero attached hydrogens (tertiary/aromatic N) is 5. The number of rotatable bonds is 3. The van der Waals surface area contributed by atoms with Gasteiger partial charge < -0.3 is 4.90 Å². The molecule has 1 aromatic carbocycles. The fourth-order valence-corrected chi connectivity index (χ4v) is 3.45. The van der Waals surface area contributed by atoms with Gasteiger partial charge in [0.25, 0.3) is 0 Å². The number of para-hydroxylation sites is 1. The van der Waals surface area contributed by atoms with Crippen molar-refractivity contribution < 1.29 is 0 Å². The molecule has 1 atom stereocenters. The van der Waals surface area contributed by atoms with E-state index in [1.165, 1.54) is 12.8 Å². The molecule has 128 valence electrons. The Kier molecular flexibility index (Phi) is 4.22. The van der Waals surface area contributed by atoms with E-state index >= 15 is 0 Å². The van der Waals surface area contributed by atoms with Gasteiger partial charge in [0.2, 0.25) is 5.95 Å². The normalized spacial score (nSPS) is 17.7. The maximum Gasteiger partial charge on any atom is 0.225 e. The third-order valence-corrected chi connectivity index (χ3v) is 4.78. The Hall–Kier alpha value is -2.69. The highest BCUT2D eigenvalue weighted by Crippen LogP contribution is 2.25. The van der Waals surface area contributed by atoms with Gasteiger partial charge in [-0.3, -0.25) is 0 Å². The fourth-order valence-electron chi connectivity index (χ4n) is 3.45. The molecule has 25 heavy (non-hydrogen) atoms. The van der Waals surface area contributed by atoms with Crippen molar-refractivity contribution in [3.05, 3.63) is 54.5 Å². The van der Waals surface area contributed by atoms with Crippen LogP contribution in [0.15, 0.2) is 48.8 Å². The van der Waals surface area contributed by atoms with Gasteiger partial charge in [0, 0.05) is 31.0 Å². The molecule has 0 N–H and O–H groups in total. The van der Waals surface area contributed by atoms with E-state index in [4.69, 9.17) is 4.98 Å². The first kappa shape index (κ1) is 15.8. The summed E-state index contributed by atoms with van der Waals surface area (Å²) in [7, 11) is 0. The molecule has 2 aromatic heterocycles. The minimum absolute atomic E-state index is 0.698. The summed E-state index contributed by atoms with van der Waals surface area (Å²) in [6.45, 7) is 6.39. The number of anilines is 1. The van der Waals surface area contributed by atoms with Crippen molar-refractivity contribution in [3.8, 4) is 16.9 Å². The van der Waals surface area contributed by atoms with Crippen LogP contribution in [0, 0.1) is 12.8 Å². The summed E-state index contributed by atoms with van der Waals surface area (Å²) in [5.41, 5.74) is 4.01. The SMILES string of the molecule is Cc1nn(-c2ccccc2)cc1-c1ccnc(N2CCCC(C)C2)n1. The Morgan fingerprint density at radius 1 is 1.12 bits per heavy atom. The number of aromatic nitrogens is 4. The lowest BCUT2D eigenvalue weighted by Gasteiger charge is -2.30. The van der Waals surface area contributed by atoms with Crippen LogP contribution in [0.2, 0.25) is 0 Å². The minimum Gasteiger partial charge on any atom is -0.341 e. The molecule has 0 radical (unpaired) electrons. The first-order valence-corrected chi connectivity index (χ1v) is 8.91. The molecular weight excluding hydrogens is 310 g/mol. The molecule has 0 bridgehead atoms. The largest absolute Gasteiger partial charge is 0.341 e. The van der Waals surface area contributed by atoms with Crippen LogP contribution in [0.1, 0.15) is 25.5 Å². The second-order valence-corrected chi connectivity index (χ2v) is 6.84. The van der Waals surface area contributed by atoms with Crippen LogP contribution in [0.5, 0.6) is 0 Å². The van der Waals surface area contributed by atoms with Crippen molar-refractivity contribution in [2.24, 2.45) is 5.92 Å². The van der Waals surface area contributed by atoms with Gasteiger partial charge in [-0.1, -0.05) is 25.1 Å². The summed E-state index contributed by atoms with van der Waals surface area (Å²) < 4.78 is 1.91. The summed E-state index contributed by atoms with van der Waals surface area (Å²) >= 11 is 0. The summed E-state index contributed by atoms with van der Waals surface area (Å²) in [6.07, 6.45) is 6.41. The molecule has 5 heteroatoms. The van der Waals surface area contributed by atoms with Crippen LogP contribution < -0.4 is 4.90 Å². The third-order valence-electron chi connectivity index (χ3n) is 4.78. The number of piperidine rings is 1. The van der Waals surface area contributed by atoms with Crippen LogP contribution >= 0.6 is 0 Å². The smallest absolute Gasteiger partial charge is 0.225 e. The molecule has 1 aliphatic rings. The summed E-state index contributed by atoms with van der Waals surface area (Å²) in [5.74, 6) is 1.53. The van der Waals surface area contributed by atoms with E-state index in [2.05, 4.69) is 40.2 Å². The van der Waals surface area contributed by atoms with E-state index in [0.717, 1.165) is 41.7 Å². The molecule has 1 saturated heterocycles. The molecule has 0 aliphatic carbocycles. The zero-order valence-electron chi connectivity index (χ0n) is 14.8. The van der Waals surface area contributed by atoms with E-state index in [-0.39, 0.29) is 0 Å². The van der Waals surface area contributed by atoms with E-state index in [0.29, 0.717) is 5.92 Å². The summed E-state index contributed by atoms with van der Waals surface area (Å²) in [4.78, 5) is 11.6. The second-order valence-electron chi connectivity index (χ2n) is 6.84. The second kappa shape index (κ2) is 6.67. The molecule has 3 aromatic rings. The summed E-state index contributed by atoms with van der Waals surface area (Å²) in [6, 6.07) is 12.1. The van der Waals surface area contributed by atoms with Gasteiger partial charge in [-0.15, -0.1) is 0 Å². The van der Waals surface area contributed by atoms with Crippen molar-refractivity contribution in [3.63, 3.8) is 0 Å². The third kappa shape index (κ3) is 3.27. The van der Waals surface area contributed by atoms with Crippen molar-refractivity contribution in [1.29, 1.82) is 0 Å². The lowest BCUT2D eigenvalue weighted by Crippen LogP contribution is -2.35. The monoisotopic (exact) mass is 333 g/mol. The topological polar surface area (TPSA) is 46.8 Å². The van der Waals surface area contributed by atoms with Gasteiger partial charge in [-0.2, -0.15) is 5.10 Å². The Balaban J connectivity index is 1.66. The molecular formula is C20H23N5. The van der Waals surface area contributed by atoms with Gasteiger partial charge in [0.05, 0.1) is 17.1 Å². The van der Waals surface area contributed by atoms with Gasteiger partial charge in [-0.05, 0) is 43.9 Å². The van der Waals surface area contributed by atoms with Crippen molar-refractivity contribution in [2.45, 2.75) is 26.7 Å². The average molecular weight is 333 g/mol. The molecule has 1 aliphatic heterocycles. The number of benzene rings is 1. The predicted molar refractivity (Wildman–Crippen MR) is 99.9 cm³/mol. The van der Waals surface area contributed by atoms with Gasteiger partial charge in [0.15, 0.2) is 0 Å². The highest BCUT2D eigenvalue weighted by Gasteiger charge is 2.19. The Labute approximate surface area is 148 Å². The molecule has 0 amide bonds. The number of aryl methyl sites for hydroxylation is 1. The zero-order chi connectivity index (χ0) is 17.2. The number of hydrogen-bond acceptors (Lipinski definition) is 4. The molecule has 4 rings (SSSR count). The highest BCUT2D eigenvalue weighted by molar-refractivity contribution is 5.62. The van der Waals surface area contributed by atoms with E-state index in [9.17, 15) is 0 Å². The Morgan fingerprint density at radius 3 is 2.76 bits per heavy atom. The number of hydrogen-bond donors (Lipinski definition) is 0. The van der Waals surface area contributed by atoms with Crippen LogP contribution in [0.3, 0.4) is 0 Å². The van der Waals surface area contributed by atoms with E-state index in [1.54, 1.807) is 0 Å². The molecule has 1 fully saturated rings. The zero-order valence-corrected chi connectivity index (χ0v) is 14.8. The highest BCUT2D eigenvalue weighted by atomic mass is 15.3. The molecule has 3 heterocycles. The first-order valence-electron chi connectivity index (χ1n) is 8.91. The van der Waals surface area contributed by atoms with E-state index < -0.39 is 0 Å². The van der Waals surface area contributed by atoms with Crippen LogP contribution in [0.4, 0.5) is 5.95 Å². The summed E-state index contributed by atoms with van der Waals surface area (Å²) in [5, 5.41) is 4.65. The van der Waals surface area contributed by atoms with Gasteiger partial charge in [-0.25, -0.2) is 14.6 Å². The maximum atomic E-state index is 4.83. The Bertz CT molecular complexity index is 856. The van der Waals surface area contributed by atoms with Crippen molar-refractivity contribution >= 4 is 5.95 Å². The molecule has 0 spiro atoms. The fraction of sp³-hybridized carbons (Fsp3) is 0.350. The minimum atomic E-state index is 0.698. The lowest BCUT2D eigenvalue weighted by atomic mass is 10.0. The molecule has 5 nitrogen and oxygen atoms in total. The predicted octanol–water partition coefficient (Wildman–Crippen LogP) is 3.87. The van der Waals surface area contributed by atoms with Crippen LogP contribution in [-0.2, 0) is 0 Å². The quantitative estimate of drug-likeness (QED) is 0.730. The Morgan fingerprint density at radius 2 is 1.96 bits per heavy atom. The first-order chi connectivity index (χ1) is 12.2. The van der Waals surface area contributed by atoms with Crippen LogP contribution in [0.25, 0.3) is 16.9 Å². The van der Waals surface area contributed by atoms with Gasteiger partial charge >= 0.3 is 0 Å². The van der Waals surface area contributed by atoms with Crippen LogP contribution in [-0.4, -0.2) is 32.8 Å². The van der Waals surface area contributed by atoms with Gasteiger partial charge in [0.1, 0.15) is 0 Å². The molecule has 0 saturated carbocycles.